The maximum atomic E-state index is 13.4. The minimum atomic E-state index is -0.634. The molecular formula is C15H14F2N6S. The highest BCUT2D eigenvalue weighted by molar-refractivity contribution is 7.09. The van der Waals surface area contributed by atoms with E-state index in [1.807, 2.05) is 10.9 Å². The van der Waals surface area contributed by atoms with E-state index in [0.29, 0.717) is 11.4 Å². The zero-order chi connectivity index (χ0) is 16.5. The zero-order valence-corrected chi connectivity index (χ0v) is 13.5. The Bertz CT molecular complexity index is 814. The van der Waals surface area contributed by atoms with Gasteiger partial charge in [-0.1, -0.05) is 5.21 Å². The van der Waals surface area contributed by atoms with Crippen LogP contribution < -0.4 is 4.90 Å². The molecule has 0 amide bonds. The van der Waals surface area contributed by atoms with Crippen molar-refractivity contribution in [1.29, 1.82) is 0 Å². The van der Waals surface area contributed by atoms with Crippen LogP contribution in [0.5, 0.6) is 0 Å². The minimum absolute atomic E-state index is 0.236. The van der Waals surface area contributed by atoms with Gasteiger partial charge in [0.15, 0.2) is 5.82 Å². The van der Waals surface area contributed by atoms with Crippen LogP contribution in [0.25, 0.3) is 11.4 Å². The Kier molecular flexibility index (Phi) is 3.93. The maximum absolute atomic E-state index is 13.4. The summed E-state index contributed by atoms with van der Waals surface area (Å²) in [6.45, 7) is 1.63. The third-order valence-electron chi connectivity index (χ3n) is 4.02. The summed E-state index contributed by atoms with van der Waals surface area (Å²) in [7, 11) is 0. The van der Waals surface area contributed by atoms with Crippen molar-refractivity contribution in [3.05, 3.63) is 42.2 Å². The van der Waals surface area contributed by atoms with Gasteiger partial charge in [0.2, 0.25) is 5.13 Å². The van der Waals surface area contributed by atoms with Gasteiger partial charge in [0.1, 0.15) is 11.6 Å². The monoisotopic (exact) mass is 348 g/mol. The van der Waals surface area contributed by atoms with Crippen molar-refractivity contribution in [3.63, 3.8) is 0 Å². The molecule has 0 saturated carbocycles. The molecule has 124 valence electrons. The van der Waals surface area contributed by atoms with Gasteiger partial charge in [-0.2, -0.15) is 9.36 Å². The first-order valence-corrected chi connectivity index (χ1v) is 8.37. The summed E-state index contributed by atoms with van der Waals surface area (Å²) in [5.41, 5.74) is 0.347. The van der Waals surface area contributed by atoms with Gasteiger partial charge < -0.3 is 4.90 Å². The van der Waals surface area contributed by atoms with Crippen molar-refractivity contribution in [2.24, 2.45) is 0 Å². The maximum Gasteiger partial charge on any atom is 0.205 e. The topological polar surface area (TPSA) is 59.7 Å². The van der Waals surface area contributed by atoms with E-state index in [1.54, 1.807) is 6.20 Å². The molecule has 0 spiro atoms. The van der Waals surface area contributed by atoms with Gasteiger partial charge in [-0.05, 0) is 25.0 Å². The molecule has 0 N–H and O–H groups in total. The van der Waals surface area contributed by atoms with Crippen LogP contribution >= 0.6 is 11.5 Å². The molecule has 1 aliphatic heterocycles. The van der Waals surface area contributed by atoms with Crippen LogP contribution in [0.3, 0.4) is 0 Å². The lowest BCUT2D eigenvalue weighted by Crippen LogP contribution is -2.36. The smallest absolute Gasteiger partial charge is 0.205 e. The summed E-state index contributed by atoms with van der Waals surface area (Å²) >= 11 is 1.24. The van der Waals surface area contributed by atoms with Gasteiger partial charge in [0.05, 0.1) is 12.2 Å². The van der Waals surface area contributed by atoms with E-state index in [9.17, 15) is 8.78 Å². The van der Waals surface area contributed by atoms with Crippen LogP contribution in [0.1, 0.15) is 18.9 Å². The van der Waals surface area contributed by atoms with Gasteiger partial charge in [-0.15, -0.1) is 5.10 Å². The van der Waals surface area contributed by atoms with Crippen LogP contribution in [-0.4, -0.2) is 37.4 Å². The van der Waals surface area contributed by atoms with Gasteiger partial charge in [-0.3, -0.25) is 0 Å². The molecule has 1 atom stereocenters. The number of rotatable bonds is 3. The highest BCUT2D eigenvalue weighted by Gasteiger charge is 2.24. The third-order valence-corrected chi connectivity index (χ3v) is 4.80. The van der Waals surface area contributed by atoms with Crippen molar-refractivity contribution in [2.75, 3.05) is 18.0 Å². The fourth-order valence-electron chi connectivity index (χ4n) is 2.90. The van der Waals surface area contributed by atoms with Gasteiger partial charge in [0, 0.05) is 42.4 Å². The van der Waals surface area contributed by atoms with E-state index in [0.717, 1.165) is 37.1 Å². The first-order chi connectivity index (χ1) is 11.7. The largest absolute Gasteiger partial charge is 0.345 e. The Hall–Kier alpha value is -2.42. The standard InChI is InChI=1S/C15H14F2N6S/c16-11-6-10(7-12(17)8-11)14-19-15(24-20-14)22-4-1-2-13(9-22)23-5-3-18-21-23/h3,5-8,13H,1-2,4,9H2. The van der Waals surface area contributed by atoms with Crippen molar-refractivity contribution < 1.29 is 8.78 Å². The Morgan fingerprint density at radius 2 is 2.00 bits per heavy atom. The number of halogens is 2. The van der Waals surface area contributed by atoms with E-state index in [-0.39, 0.29) is 6.04 Å². The lowest BCUT2D eigenvalue weighted by atomic mass is 10.1. The lowest BCUT2D eigenvalue weighted by molar-refractivity contribution is 0.369. The highest BCUT2D eigenvalue weighted by Crippen LogP contribution is 2.29. The van der Waals surface area contributed by atoms with Crippen LogP contribution in [-0.2, 0) is 0 Å². The molecule has 2 aromatic heterocycles. The Morgan fingerprint density at radius 1 is 1.17 bits per heavy atom. The molecule has 6 nitrogen and oxygen atoms in total. The molecule has 3 aromatic rings. The molecule has 1 aromatic carbocycles. The van der Waals surface area contributed by atoms with E-state index in [1.165, 1.54) is 23.7 Å². The van der Waals surface area contributed by atoms with Gasteiger partial charge in [-0.25, -0.2) is 13.5 Å². The predicted octanol–water partition coefficient (Wildman–Crippen LogP) is 2.92. The molecule has 9 heteroatoms. The summed E-state index contributed by atoms with van der Waals surface area (Å²) in [4.78, 5) is 6.59. The van der Waals surface area contributed by atoms with Crippen LogP contribution in [0, 0.1) is 11.6 Å². The Balaban J connectivity index is 1.56. The van der Waals surface area contributed by atoms with Crippen LogP contribution in [0.4, 0.5) is 13.9 Å². The Morgan fingerprint density at radius 3 is 2.75 bits per heavy atom. The van der Waals surface area contributed by atoms with Crippen molar-refractivity contribution in [3.8, 4) is 11.4 Å². The highest BCUT2D eigenvalue weighted by atomic mass is 32.1. The molecule has 0 radical (unpaired) electrons. The SMILES string of the molecule is Fc1cc(F)cc(-c2nsc(N3CCCC(n4ccnn4)C3)n2)c1. The van der Waals surface area contributed by atoms with E-state index in [4.69, 9.17) is 0 Å². The normalized spacial score (nSPS) is 18.1. The summed E-state index contributed by atoms with van der Waals surface area (Å²) in [5, 5.41) is 8.67. The first-order valence-electron chi connectivity index (χ1n) is 7.60. The lowest BCUT2D eigenvalue weighted by Gasteiger charge is -2.31. The van der Waals surface area contributed by atoms with Crippen molar-refractivity contribution in [1.82, 2.24) is 24.4 Å². The second-order valence-electron chi connectivity index (χ2n) is 5.68. The zero-order valence-electron chi connectivity index (χ0n) is 12.6. The molecule has 4 rings (SSSR count). The summed E-state index contributed by atoms with van der Waals surface area (Å²) in [5.74, 6) is -0.924. The van der Waals surface area contributed by atoms with Crippen molar-refractivity contribution >= 4 is 16.7 Å². The van der Waals surface area contributed by atoms with Crippen molar-refractivity contribution in [2.45, 2.75) is 18.9 Å². The molecular weight excluding hydrogens is 334 g/mol. The third kappa shape index (κ3) is 2.99. The second-order valence-corrected chi connectivity index (χ2v) is 6.41. The van der Waals surface area contributed by atoms with E-state index < -0.39 is 11.6 Å². The molecule has 1 aliphatic rings. The van der Waals surface area contributed by atoms with E-state index >= 15 is 0 Å². The molecule has 1 unspecified atom stereocenters. The summed E-state index contributed by atoms with van der Waals surface area (Å²) < 4.78 is 32.8. The number of anilines is 1. The molecule has 1 fully saturated rings. The molecule has 1 saturated heterocycles. The van der Waals surface area contributed by atoms with Gasteiger partial charge in [0.25, 0.3) is 0 Å². The number of nitrogens with zero attached hydrogens (tertiary/aromatic N) is 6. The first kappa shape index (κ1) is 15.1. The van der Waals surface area contributed by atoms with Gasteiger partial charge >= 0.3 is 0 Å². The second kappa shape index (κ2) is 6.23. The summed E-state index contributed by atoms with van der Waals surface area (Å²) in [6, 6.07) is 3.55. The average Bonchev–Trinajstić information content (AvgIpc) is 3.26. The molecule has 0 bridgehead atoms. The molecule has 3 heterocycles. The fraction of sp³-hybridized carbons (Fsp3) is 0.333. The number of hydrogen-bond donors (Lipinski definition) is 0. The molecule has 24 heavy (non-hydrogen) atoms. The average molecular weight is 348 g/mol. The molecule has 0 aliphatic carbocycles. The van der Waals surface area contributed by atoms with E-state index in [2.05, 4.69) is 24.6 Å². The fourth-order valence-corrected chi connectivity index (χ4v) is 3.62. The number of benzene rings is 1. The Labute approximate surface area is 140 Å². The predicted molar refractivity (Wildman–Crippen MR) is 85.8 cm³/mol. The number of aromatic nitrogens is 5. The summed E-state index contributed by atoms with van der Waals surface area (Å²) in [6.07, 6.45) is 5.56. The number of piperidine rings is 1. The minimum Gasteiger partial charge on any atom is -0.345 e. The number of hydrogen-bond acceptors (Lipinski definition) is 6. The quantitative estimate of drug-likeness (QED) is 0.728. The van der Waals surface area contributed by atoms with Crippen LogP contribution in [0.15, 0.2) is 30.6 Å². The van der Waals surface area contributed by atoms with Crippen LogP contribution in [0.2, 0.25) is 0 Å².